The number of halogens is 1. The Balaban J connectivity index is 1.72. The average Bonchev–Trinajstić information content (AvgIpc) is 3.33. The first kappa shape index (κ1) is 25.1. The van der Waals surface area contributed by atoms with E-state index in [9.17, 15) is 28.7 Å². The minimum atomic E-state index is -2.09. The number of hydrogen-bond donors (Lipinski definition) is 1. The van der Waals surface area contributed by atoms with E-state index in [4.69, 9.17) is 0 Å². The molecule has 9 heteroatoms. The summed E-state index contributed by atoms with van der Waals surface area (Å²) in [5, 5.41) is 10.5. The fourth-order valence-corrected chi connectivity index (χ4v) is 5.69. The Labute approximate surface area is 218 Å². The standard InChI is InChI=1S/C29H26FN3O5/c1-29(28(37)38)23-22(26(35)32(27(23)36)21-10-5-4-6-11-21)24(17-12-14-20(15-13-17)31(2)3)33(29)25(34)18-8-7-9-19(30)16-18/h4-16,22-24H,1-3H3,(H,37,38). The van der Waals surface area contributed by atoms with E-state index in [1.54, 1.807) is 54.6 Å². The number of nitrogens with zero attached hydrogens (tertiary/aromatic N) is 3. The van der Waals surface area contributed by atoms with Crippen LogP contribution >= 0.6 is 0 Å². The maximum Gasteiger partial charge on any atom is 0.330 e. The number of amides is 3. The molecule has 0 bridgehead atoms. The van der Waals surface area contributed by atoms with Crippen LogP contribution in [0.2, 0.25) is 0 Å². The highest BCUT2D eigenvalue weighted by Gasteiger charge is 2.71. The Hall–Kier alpha value is -4.53. The van der Waals surface area contributed by atoms with Crippen LogP contribution in [0.3, 0.4) is 0 Å². The zero-order valence-electron chi connectivity index (χ0n) is 21.0. The minimum absolute atomic E-state index is 0.0767. The second-order valence-corrected chi connectivity index (χ2v) is 9.92. The highest BCUT2D eigenvalue weighted by Crippen LogP contribution is 2.56. The second kappa shape index (κ2) is 9.09. The third-order valence-corrected chi connectivity index (χ3v) is 7.56. The number of aliphatic carboxylic acids is 1. The zero-order chi connectivity index (χ0) is 27.4. The number of anilines is 2. The van der Waals surface area contributed by atoms with Crippen LogP contribution in [-0.2, 0) is 14.4 Å². The van der Waals surface area contributed by atoms with E-state index in [2.05, 4.69) is 0 Å². The first-order valence-electron chi connectivity index (χ1n) is 12.1. The summed E-state index contributed by atoms with van der Waals surface area (Å²) in [6, 6.07) is 19.2. The van der Waals surface area contributed by atoms with E-state index in [0.29, 0.717) is 11.3 Å². The lowest BCUT2D eigenvalue weighted by atomic mass is 9.80. The molecule has 8 nitrogen and oxygen atoms in total. The maximum atomic E-state index is 14.1. The van der Waals surface area contributed by atoms with Crippen LogP contribution in [0.4, 0.5) is 15.8 Å². The Morgan fingerprint density at radius 3 is 2.16 bits per heavy atom. The maximum absolute atomic E-state index is 14.1. The lowest BCUT2D eigenvalue weighted by Crippen LogP contribution is -2.57. The third kappa shape index (κ3) is 3.65. The van der Waals surface area contributed by atoms with Crippen LogP contribution in [-0.4, -0.2) is 53.3 Å². The molecule has 2 aliphatic heterocycles. The van der Waals surface area contributed by atoms with Gasteiger partial charge in [-0.25, -0.2) is 14.1 Å². The molecule has 1 N–H and O–H groups in total. The van der Waals surface area contributed by atoms with Crippen molar-refractivity contribution in [3.8, 4) is 0 Å². The van der Waals surface area contributed by atoms with Gasteiger partial charge in [0, 0.05) is 25.3 Å². The van der Waals surface area contributed by atoms with Crippen LogP contribution < -0.4 is 9.80 Å². The zero-order valence-corrected chi connectivity index (χ0v) is 21.0. The molecule has 0 aliphatic carbocycles. The largest absolute Gasteiger partial charge is 0.479 e. The second-order valence-electron chi connectivity index (χ2n) is 9.92. The normalized spacial score (nSPS) is 24.5. The Bertz CT molecular complexity index is 1440. The topological polar surface area (TPSA) is 98.2 Å². The molecular formula is C29H26FN3O5. The van der Waals surface area contributed by atoms with Gasteiger partial charge in [-0.1, -0.05) is 36.4 Å². The Kier molecular flexibility index (Phi) is 6.01. The van der Waals surface area contributed by atoms with E-state index in [1.807, 2.05) is 19.0 Å². The first-order valence-corrected chi connectivity index (χ1v) is 12.1. The molecule has 3 amide bonds. The van der Waals surface area contributed by atoms with Crippen molar-refractivity contribution in [2.45, 2.75) is 18.5 Å². The number of rotatable bonds is 5. The molecule has 2 aliphatic rings. The van der Waals surface area contributed by atoms with E-state index >= 15 is 0 Å². The van der Waals surface area contributed by atoms with Crippen molar-refractivity contribution < 1.29 is 28.7 Å². The number of hydrogen-bond acceptors (Lipinski definition) is 5. The van der Waals surface area contributed by atoms with E-state index in [1.165, 1.54) is 25.1 Å². The first-order chi connectivity index (χ1) is 18.1. The summed E-state index contributed by atoms with van der Waals surface area (Å²) in [6.45, 7) is 1.29. The van der Waals surface area contributed by atoms with Crippen molar-refractivity contribution in [2.75, 3.05) is 23.9 Å². The van der Waals surface area contributed by atoms with Gasteiger partial charge in [0.2, 0.25) is 11.8 Å². The summed E-state index contributed by atoms with van der Waals surface area (Å²) in [4.78, 5) is 58.6. The summed E-state index contributed by atoms with van der Waals surface area (Å²) >= 11 is 0. The van der Waals surface area contributed by atoms with Crippen LogP contribution in [0.25, 0.3) is 0 Å². The number of imide groups is 1. The number of carbonyl (C=O) groups excluding carboxylic acids is 3. The lowest BCUT2D eigenvalue weighted by Gasteiger charge is -2.38. The fraction of sp³-hybridized carbons (Fsp3) is 0.241. The van der Waals surface area contributed by atoms with Gasteiger partial charge in [0.1, 0.15) is 5.82 Å². The molecule has 2 saturated heterocycles. The van der Waals surface area contributed by atoms with Crippen molar-refractivity contribution in [1.29, 1.82) is 0 Å². The van der Waals surface area contributed by atoms with Gasteiger partial charge < -0.3 is 14.9 Å². The molecule has 0 saturated carbocycles. The van der Waals surface area contributed by atoms with Crippen molar-refractivity contribution in [2.24, 2.45) is 11.8 Å². The van der Waals surface area contributed by atoms with Gasteiger partial charge in [-0.05, 0) is 55.0 Å². The summed E-state index contributed by atoms with van der Waals surface area (Å²) in [5.74, 6) is -6.68. The highest BCUT2D eigenvalue weighted by atomic mass is 19.1. The summed E-state index contributed by atoms with van der Waals surface area (Å²) in [6.07, 6.45) is 0. The number of fused-ring (bicyclic) bond motifs is 1. The van der Waals surface area contributed by atoms with Gasteiger partial charge in [0.15, 0.2) is 5.54 Å². The number of carboxylic acid groups (broad SMARTS) is 1. The van der Waals surface area contributed by atoms with Gasteiger partial charge in [0.05, 0.1) is 23.6 Å². The molecule has 3 aromatic rings. The number of para-hydroxylation sites is 1. The molecule has 2 fully saturated rings. The summed E-state index contributed by atoms with van der Waals surface area (Å²) < 4.78 is 14.1. The highest BCUT2D eigenvalue weighted by molar-refractivity contribution is 6.24. The van der Waals surface area contributed by atoms with Crippen molar-refractivity contribution in [1.82, 2.24) is 4.90 Å². The molecule has 4 atom stereocenters. The quantitative estimate of drug-likeness (QED) is 0.520. The summed E-state index contributed by atoms with van der Waals surface area (Å²) in [7, 11) is 3.72. The van der Waals surface area contributed by atoms with Gasteiger partial charge in [0.25, 0.3) is 5.91 Å². The lowest BCUT2D eigenvalue weighted by molar-refractivity contribution is -0.152. The third-order valence-electron chi connectivity index (χ3n) is 7.56. The molecule has 38 heavy (non-hydrogen) atoms. The smallest absolute Gasteiger partial charge is 0.330 e. The molecule has 5 rings (SSSR count). The number of likely N-dealkylation sites (tertiary alicyclic amines) is 1. The number of carbonyl (C=O) groups is 4. The van der Waals surface area contributed by atoms with Crippen LogP contribution in [0, 0.1) is 17.7 Å². The van der Waals surface area contributed by atoms with Gasteiger partial charge in [-0.3, -0.25) is 14.4 Å². The van der Waals surface area contributed by atoms with Gasteiger partial charge in [-0.15, -0.1) is 0 Å². The van der Waals surface area contributed by atoms with Gasteiger partial charge in [-0.2, -0.15) is 0 Å². The van der Waals surface area contributed by atoms with E-state index < -0.39 is 52.9 Å². The number of carboxylic acids is 1. The van der Waals surface area contributed by atoms with Crippen LogP contribution in [0.1, 0.15) is 28.9 Å². The fourth-order valence-electron chi connectivity index (χ4n) is 5.69. The van der Waals surface area contributed by atoms with Crippen LogP contribution in [0.15, 0.2) is 78.9 Å². The molecule has 0 spiro atoms. The monoisotopic (exact) mass is 515 g/mol. The minimum Gasteiger partial charge on any atom is -0.479 e. The summed E-state index contributed by atoms with van der Waals surface area (Å²) in [5.41, 5.74) is -0.486. The predicted octanol–water partition coefficient (Wildman–Crippen LogP) is 3.74. The van der Waals surface area contributed by atoms with Gasteiger partial charge >= 0.3 is 5.97 Å². The SMILES string of the molecule is CN(C)c1ccc(C2C3C(=O)N(c4ccccc4)C(=O)C3C(C)(C(=O)O)N2C(=O)c2cccc(F)c2)cc1. The predicted molar refractivity (Wildman–Crippen MR) is 138 cm³/mol. The van der Waals surface area contributed by atoms with Crippen molar-refractivity contribution >= 4 is 35.1 Å². The van der Waals surface area contributed by atoms with Crippen molar-refractivity contribution in [3.05, 3.63) is 95.8 Å². The molecule has 194 valence electrons. The van der Waals surface area contributed by atoms with E-state index in [0.717, 1.165) is 21.6 Å². The molecule has 0 aromatic heterocycles. The Morgan fingerprint density at radius 1 is 0.921 bits per heavy atom. The van der Waals surface area contributed by atoms with Crippen LogP contribution in [0.5, 0.6) is 0 Å². The molecular weight excluding hydrogens is 489 g/mol. The molecule has 2 heterocycles. The number of benzene rings is 3. The van der Waals surface area contributed by atoms with E-state index in [-0.39, 0.29) is 5.56 Å². The Morgan fingerprint density at radius 2 is 1.58 bits per heavy atom. The molecule has 3 aromatic carbocycles. The van der Waals surface area contributed by atoms with Crippen molar-refractivity contribution in [3.63, 3.8) is 0 Å². The molecule has 0 radical (unpaired) electrons. The average molecular weight is 516 g/mol. The molecule has 4 unspecified atom stereocenters.